The number of amides is 1. The fraction of sp³-hybridized carbons (Fsp3) is 0.318. The van der Waals surface area contributed by atoms with Crippen molar-refractivity contribution in [3.63, 3.8) is 0 Å². The zero-order chi connectivity index (χ0) is 19.1. The Kier molecular flexibility index (Phi) is 4.20. The molecule has 1 unspecified atom stereocenters. The number of carbonyl (C=O) groups excluding carboxylic acids is 1. The zero-order valence-corrected chi connectivity index (χ0v) is 15.5. The molecule has 5 heterocycles. The second kappa shape index (κ2) is 6.87. The van der Waals surface area contributed by atoms with Crippen LogP contribution in [0.3, 0.4) is 0 Å². The third-order valence-corrected chi connectivity index (χ3v) is 6.03. The molecule has 2 aromatic heterocycles. The molecule has 0 aliphatic carbocycles. The molecule has 1 amide bonds. The Bertz CT molecular complexity index is 1090. The van der Waals surface area contributed by atoms with Crippen molar-refractivity contribution >= 4 is 16.8 Å². The lowest BCUT2D eigenvalue weighted by Gasteiger charge is -2.44. The molecule has 6 heteroatoms. The van der Waals surface area contributed by atoms with Crippen LogP contribution in [0.15, 0.2) is 59.7 Å². The highest BCUT2D eigenvalue weighted by molar-refractivity contribution is 5.94. The quantitative estimate of drug-likeness (QED) is 0.763. The van der Waals surface area contributed by atoms with Gasteiger partial charge in [-0.3, -0.25) is 19.1 Å². The van der Waals surface area contributed by atoms with Crippen molar-refractivity contribution in [3.05, 3.63) is 70.8 Å². The van der Waals surface area contributed by atoms with Crippen LogP contribution in [-0.4, -0.2) is 46.0 Å². The summed E-state index contributed by atoms with van der Waals surface area (Å²) in [4.78, 5) is 32.2. The number of carbonyl (C=O) groups is 1. The van der Waals surface area contributed by atoms with Gasteiger partial charge in [-0.05, 0) is 62.2 Å². The molecule has 6 nitrogen and oxygen atoms in total. The number of pyridine rings is 2. The molecule has 1 N–H and O–H groups in total. The molecule has 1 aromatic carbocycles. The van der Waals surface area contributed by atoms with Gasteiger partial charge in [0.05, 0.1) is 16.8 Å². The third-order valence-electron chi connectivity index (χ3n) is 6.03. The molecule has 3 fully saturated rings. The second-order valence-corrected chi connectivity index (χ2v) is 7.69. The maximum absolute atomic E-state index is 12.9. The number of fused-ring (bicyclic) bond motifs is 4. The first-order chi connectivity index (χ1) is 13.7. The Balaban J connectivity index is 1.47. The van der Waals surface area contributed by atoms with E-state index in [1.165, 1.54) is 10.6 Å². The fourth-order valence-corrected chi connectivity index (χ4v) is 4.49. The first-order valence-corrected chi connectivity index (χ1v) is 9.79. The van der Waals surface area contributed by atoms with E-state index in [4.69, 9.17) is 0 Å². The van der Waals surface area contributed by atoms with Crippen molar-refractivity contribution in [1.29, 1.82) is 0 Å². The van der Waals surface area contributed by atoms with Gasteiger partial charge in [-0.1, -0.05) is 6.07 Å². The van der Waals surface area contributed by atoms with Crippen LogP contribution < -0.4 is 10.9 Å². The van der Waals surface area contributed by atoms with Crippen molar-refractivity contribution in [2.75, 3.05) is 19.6 Å². The van der Waals surface area contributed by atoms with E-state index >= 15 is 0 Å². The SMILES string of the molecule is O=C(NC1CN2CCC1CC2)c1ccc(=O)n(-c2cccc3ncccc23)c1. The number of nitrogens with one attached hydrogen (secondary N) is 1. The van der Waals surface area contributed by atoms with Crippen molar-refractivity contribution in [2.24, 2.45) is 5.92 Å². The highest BCUT2D eigenvalue weighted by Crippen LogP contribution is 2.27. The number of benzene rings is 1. The van der Waals surface area contributed by atoms with Crippen molar-refractivity contribution in [2.45, 2.75) is 18.9 Å². The maximum atomic E-state index is 12.9. The smallest absolute Gasteiger partial charge is 0.255 e. The molecule has 1 atom stereocenters. The largest absolute Gasteiger partial charge is 0.348 e. The van der Waals surface area contributed by atoms with Crippen molar-refractivity contribution in [1.82, 2.24) is 19.8 Å². The predicted octanol–water partition coefficient (Wildman–Crippen LogP) is 2.21. The third kappa shape index (κ3) is 2.99. The Morgan fingerprint density at radius 3 is 2.71 bits per heavy atom. The summed E-state index contributed by atoms with van der Waals surface area (Å²) in [6.07, 6.45) is 5.66. The van der Waals surface area contributed by atoms with E-state index in [9.17, 15) is 9.59 Å². The van der Waals surface area contributed by atoms with Crippen molar-refractivity contribution < 1.29 is 4.79 Å². The first-order valence-electron chi connectivity index (χ1n) is 9.79. The van der Waals surface area contributed by atoms with Crippen LogP contribution in [0.1, 0.15) is 23.2 Å². The predicted molar refractivity (Wildman–Crippen MR) is 108 cm³/mol. The molecular formula is C22H22N4O2. The molecule has 142 valence electrons. The monoisotopic (exact) mass is 374 g/mol. The highest BCUT2D eigenvalue weighted by Gasteiger charge is 2.35. The Morgan fingerprint density at radius 1 is 1.07 bits per heavy atom. The first kappa shape index (κ1) is 17.1. The van der Waals surface area contributed by atoms with E-state index in [1.807, 2.05) is 30.3 Å². The Labute approximate surface area is 162 Å². The number of aromatic nitrogens is 2. The van der Waals surface area contributed by atoms with Crippen LogP contribution in [0.5, 0.6) is 0 Å². The van der Waals surface area contributed by atoms with Gasteiger partial charge < -0.3 is 10.2 Å². The summed E-state index contributed by atoms with van der Waals surface area (Å²) < 4.78 is 1.54. The van der Waals surface area contributed by atoms with Gasteiger partial charge >= 0.3 is 0 Å². The van der Waals surface area contributed by atoms with Crippen LogP contribution in [0.2, 0.25) is 0 Å². The van der Waals surface area contributed by atoms with Crippen LogP contribution in [0.4, 0.5) is 0 Å². The molecule has 0 saturated carbocycles. The molecule has 28 heavy (non-hydrogen) atoms. The second-order valence-electron chi connectivity index (χ2n) is 7.69. The van der Waals surface area contributed by atoms with E-state index in [1.54, 1.807) is 18.5 Å². The molecule has 3 aromatic rings. The summed E-state index contributed by atoms with van der Waals surface area (Å²) >= 11 is 0. The van der Waals surface area contributed by atoms with Crippen LogP contribution in [0, 0.1) is 5.92 Å². The summed E-state index contributed by atoms with van der Waals surface area (Å²) in [7, 11) is 0. The number of nitrogens with zero attached hydrogens (tertiary/aromatic N) is 3. The average Bonchev–Trinajstić information content (AvgIpc) is 2.74. The van der Waals surface area contributed by atoms with Gasteiger partial charge in [0.25, 0.3) is 11.5 Å². The minimum atomic E-state index is -0.171. The van der Waals surface area contributed by atoms with Gasteiger partial charge in [-0.2, -0.15) is 0 Å². The van der Waals surface area contributed by atoms with Crippen LogP contribution >= 0.6 is 0 Å². The Morgan fingerprint density at radius 2 is 1.93 bits per heavy atom. The van der Waals surface area contributed by atoms with Crippen molar-refractivity contribution in [3.8, 4) is 5.69 Å². The minimum Gasteiger partial charge on any atom is -0.348 e. The van der Waals surface area contributed by atoms with E-state index in [2.05, 4.69) is 15.2 Å². The van der Waals surface area contributed by atoms with Crippen LogP contribution in [-0.2, 0) is 0 Å². The van der Waals surface area contributed by atoms with Gasteiger partial charge in [-0.25, -0.2) is 0 Å². The summed E-state index contributed by atoms with van der Waals surface area (Å²) in [6, 6.07) is 12.7. The number of hydrogen-bond donors (Lipinski definition) is 1. The number of piperidine rings is 3. The van der Waals surface area contributed by atoms with Gasteiger partial charge in [0.15, 0.2) is 0 Å². The fourth-order valence-electron chi connectivity index (χ4n) is 4.49. The van der Waals surface area contributed by atoms with Crippen LogP contribution in [0.25, 0.3) is 16.6 Å². The van der Waals surface area contributed by atoms with Gasteiger partial charge in [0, 0.05) is 36.4 Å². The molecule has 6 rings (SSSR count). The number of rotatable bonds is 3. The maximum Gasteiger partial charge on any atom is 0.255 e. The molecule has 2 bridgehead atoms. The summed E-state index contributed by atoms with van der Waals surface area (Å²) in [6.45, 7) is 3.19. The average molecular weight is 374 g/mol. The van der Waals surface area contributed by atoms with Gasteiger partial charge in [0.1, 0.15) is 0 Å². The standard InChI is InChI=1S/C22H22N4O2/c27-21-7-6-16(22(28)24-19-14-25-11-8-15(19)9-12-25)13-26(21)20-5-1-4-18-17(20)3-2-10-23-18/h1-7,10,13,15,19H,8-9,11-12,14H2,(H,24,28). The molecular weight excluding hydrogens is 352 g/mol. The van der Waals surface area contributed by atoms with E-state index < -0.39 is 0 Å². The highest BCUT2D eigenvalue weighted by atomic mass is 16.2. The zero-order valence-electron chi connectivity index (χ0n) is 15.5. The molecule has 3 aliphatic rings. The molecule has 3 aliphatic heterocycles. The normalized spacial score (nSPS) is 23.6. The van der Waals surface area contributed by atoms with E-state index in [-0.39, 0.29) is 17.5 Å². The minimum absolute atomic E-state index is 0.120. The van der Waals surface area contributed by atoms with Gasteiger partial charge in [0.2, 0.25) is 0 Å². The number of hydrogen-bond acceptors (Lipinski definition) is 4. The topological polar surface area (TPSA) is 67.2 Å². The molecule has 0 spiro atoms. The Hall–Kier alpha value is -2.99. The lowest BCUT2D eigenvalue weighted by molar-refractivity contribution is 0.0620. The summed E-state index contributed by atoms with van der Waals surface area (Å²) in [5.74, 6) is 0.440. The summed E-state index contributed by atoms with van der Waals surface area (Å²) in [5.41, 5.74) is 1.87. The lowest BCUT2D eigenvalue weighted by atomic mass is 9.84. The van der Waals surface area contributed by atoms with E-state index in [0.717, 1.165) is 49.1 Å². The lowest BCUT2D eigenvalue weighted by Crippen LogP contribution is -2.57. The molecule has 3 saturated heterocycles. The summed E-state index contributed by atoms with van der Waals surface area (Å²) in [5, 5.41) is 4.07. The molecule has 0 radical (unpaired) electrons. The van der Waals surface area contributed by atoms with Gasteiger partial charge in [-0.15, -0.1) is 0 Å². The van der Waals surface area contributed by atoms with E-state index in [0.29, 0.717) is 11.5 Å².